The topological polar surface area (TPSA) is 49.7 Å². The van der Waals surface area contributed by atoms with Crippen LogP contribution in [-0.2, 0) is 15.6 Å². The van der Waals surface area contributed by atoms with Gasteiger partial charge in [-0.25, -0.2) is 0 Å². The summed E-state index contributed by atoms with van der Waals surface area (Å²) < 4.78 is 7.34. The van der Waals surface area contributed by atoms with E-state index in [4.69, 9.17) is 14.9 Å². The lowest BCUT2D eigenvalue weighted by Gasteiger charge is -2.38. The molecule has 2 aromatic rings. The molecule has 1 saturated heterocycles. The minimum atomic E-state index is -0.541. The molecule has 0 atom stereocenters. The van der Waals surface area contributed by atoms with E-state index < -0.39 is 5.41 Å². The van der Waals surface area contributed by atoms with E-state index in [1.54, 1.807) is 0 Å². The van der Waals surface area contributed by atoms with Crippen molar-refractivity contribution in [2.75, 3.05) is 26.4 Å². The van der Waals surface area contributed by atoms with Crippen molar-refractivity contribution < 1.29 is 14.9 Å². The van der Waals surface area contributed by atoms with E-state index >= 15 is 0 Å². The molecule has 1 fully saturated rings. The summed E-state index contributed by atoms with van der Waals surface area (Å²) in [6.07, 6.45) is 0. The molecule has 3 nitrogen and oxygen atoms in total. The number of aliphatic hydroxyl groups excluding tert-OH is 2. The molecule has 25 heavy (non-hydrogen) atoms. The molecule has 1 aliphatic heterocycles. The lowest BCUT2D eigenvalue weighted by Crippen LogP contribution is -2.43. The Kier molecular flexibility index (Phi) is 7.23. The standard InChI is InChI=1S/C10H13BrO2.C10H11BrO/c1-10(6-12,7-13)8-2-4-9(11)5-3-8;1-10(6-12-7-10)8-2-4-9(11)5-3-8/h2-5,12-13H,6-7H2,1H3;2-5H,6-7H2,1H3. The summed E-state index contributed by atoms with van der Waals surface area (Å²) in [5.74, 6) is 0. The summed E-state index contributed by atoms with van der Waals surface area (Å²) in [7, 11) is 0. The van der Waals surface area contributed by atoms with Crippen molar-refractivity contribution in [1.29, 1.82) is 0 Å². The molecule has 0 spiro atoms. The highest BCUT2D eigenvalue weighted by Crippen LogP contribution is 2.32. The van der Waals surface area contributed by atoms with Crippen LogP contribution >= 0.6 is 31.9 Å². The second-order valence-corrected chi connectivity index (χ2v) is 8.78. The minimum Gasteiger partial charge on any atom is -0.395 e. The number of benzene rings is 2. The highest BCUT2D eigenvalue weighted by Gasteiger charge is 2.34. The first kappa shape index (κ1) is 20.6. The molecule has 0 aromatic heterocycles. The summed E-state index contributed by atoms with van der Waals surface area (Å²) in [6.45, 7) is 5.68. The maximum Gasteiger partial charge on any atom is 0.0582 e. The van der Waals surface area contributed by atoms with E-state index in [1.807, 2.05) is 31.2 Å². The molecular formula is C20H24Br2O3. The predicted molar refractivity (Wildman–Crippen MR) is 108 cm³/mol. The molecule has 3 rings (SSSR count). The zero-order chi connectivity index (χ0) is 18.5. The lowest BCUT2D eigenvalue weighted by atomic mass is 9.81. The highest BCUT2D eigenvalue weighted by molar-refractivity contribution is 9.10. The molecule has 5 heteroatoms. The number of hydrogen-bond donors (Lipinski definition) is 2. The summed E-state index contributed by atoms with van der Waals surface area (Å²) in [5, 5.41) is 18.3. The average Bonchev–Trinajstić information content (AvgIpc) is 2.61. The monoisotopic (exact) mass is 470 g/mol. The Labute approximate surface area is 166 Å². The quantitative estimate of drug-likeness (QED) is 0.693. The van der Waals surface area contributed by atoms with Crippen LogP contribution in [0.15, 0.2) is 57.5 Å². The molecule has 2 aromatic carbocycles. The van der Waals surface area contributed by atoms with Gasteiger partial charge in [0.25, 0.3) is 0 Å². The van der Waals surface area contributed by atoms with Gasteiger partial charge in [-0.1, -0.05) is 70.0 Å². The van der Waals surface area contributed by atoms with Gasteiger partial charge in [0, 0.05) is 19.8 Å². The number of hydrogen-bond acceptors (Lipinski definition) is 3. The highest BCUT2D eigenvalue weighted by atomic mass is 79.9. The normalized spacial score (nSPS) is 15.8. The Bertz CT molecular complexity index is 660. The first-order valence-corrected chi connectivity index (χ1v) is 9.73. The van der Waals surface area contributed by atoms with Crippen LogP contribution in [0.4, 0.5) is 0 Å². The largest absolute Gasteiger partial charge is 0.395 e. The van der Waals surface area contributed by atoms with Crippen LogP contribution in [0.1, 0.15) is 25.0 Å². The van der Waals surface area contributed by atoms with Gasteiger partial charge in [0.2, 0.25) is 0 Å². The van der Waals surface area contributed by atoms with Gasteiger partial charge < -0.3 is 14.9 Å². The second kappa shape index (κ2) is 8.78. The van der Waals surface area contributed by atoms with Gasteiger partial charge in [0.05, 0.1) is 26.4 Å². The molecule has 2 N–H and O–H groups in total. The van der Waals surface area contributed by atoms with Gasteiger partial charge in [0.1, 0.15) is 0 Å². The summed E-state index contributed by atoms with van der Waals surface area (Å²) in [5.41, 5.74) is 2.04. The third-order valence-corrected chi connectivity index (χ3v) is 5.68. The van der Waals surface area contributed by atoms with Gasteiger partial charge in [0.15, 0.2) is 0 Å². The predicted octanol–water partition coefficient (Wildman–Crippen LogP) is 4.43. The zero-order valence-electron chi connectivity index (χ0n) is 14.5. The SMILES string of the molecule is CC(CO)(CO)c1ccc(Br)cc1.CC1(c2ccc(Br)cc2)COC1. The van der Waals surface area contributed by atoms with Crippen molar-refractivity contribution in [1.82, 2.24) is 0 Å². The van der Waals surface area contributed by atoms with Gasteiger partial charge in [-0.15, -0.1) is 0 Å². The summed E-state index contributed by atoms with van der Waals surface area (Å²) >= 11 is 6.75. The van der Waals surface area contributed by atoms with Crippen LogP contribution in [0.25, 0.3) is 0 Å². The molecule has 0 amide bonds. The fourth-order valence-corrected chi connectivity index (χ4v) is 3.04. The minimum absolute atomic E-state index is 0.0505. The smallest absolute Gasteiger partial charge is 0.0582 e. The van der Waals surface area contributed by atoms with Gasteiger partial charge in [-0.3, -0.25) is 0 Å². The van der Waals surface area contributed by atoms with E-state index in [2.05, 4.69) is 63.0 Å². The Morgan fingerprint density at radius 1 is 0.920 bits per heavy atom. The first-order valence-electron chi connectivity index (χ1n) is 8.14. The van der Waals surface area contributed by atoms with Gasteiger partial charge in [-0.05, 0) is 35.4 Å². The Morgan fingerprint density at radius 2 is 1.36 bits per heavy atom. The summed E-state index contributed by atoms with van der Waals surface area (Å²) in [4.78, 5) is 0. The molecule has 1 aliphatic rings. The molecule has 0 saturated carbocycles. The van der Waals surface area contributed by atoms with Crippen LogP contribution in [0.3, 0.4) is 0 Å². The van der Waals surface area contributed by atoms with Crippen LogP contribution in [0.2, 0.25) is 0 Å². The second-order valence-electron chi connectivity index (χ2n) is 6.94. The van der Waals surface area contributed by atoms with E-state index in [-0.39, 0.29) is 18.6 Å². The van der Waals surface area contributed by atoms with Crippen LogP contribution in [0, 0.1) is 0 Å². The lowest BCUT2D eigenvalue weighted by molar-refractivity contribution is -0.0500. The molecule has 0 unspecified atom stereocenters. The van der Waals surface area contributed by atoms with E-state index in [1.165, 1.54) is 5.56 Å². The van der Waals surface area contributed by atoms with Crippen molar-refractivity contribution in [3.63, 3.8) is 0 Å². The van der Waals surface area contributed by atoms with Crippen molar-refractivity contribution in [2.24, 2.45) is 0 Å². The van der Waals surface area contributed by atoms with Crippen molar-refractivity contribution in [2.45, 2.75) is 24.7 Å². The Balaban J connectivity index is 0.000000181. The first-order chi connectivity index (χ1) is 11.8. The van der Waals surface area contributed by atoms with Gasteiger partial charge >= 0.3 is 0 Å². The van der Waals surface area contributed by atoms with Crippen molar-refractivity contribution in [3.05, 3.63) is 68.6 Å². The van der Waals surface area contributed by atoms with E-state index in [9.17, 15) is 0 Å². The maximum atomic E-state index is 9.14. The molecule has 1 heterocycles. The van der Waals surface area contributed by atoms with Crippen molar-refractivity contribution >= 4 is 31.9 Å². The van der Waals surface area contributed by atoms with Gasteiger partial charge in [-0.2, -0.15) is 0 Å². The molecule has 136 valence electrons. The Morgan fingerprint density at radius 3 is 1.72 bits per heavy atom. The van der Waals surface area contributed by atoms with Crippen LogP contribution in [-0.4, -0.2) is 36.6 Å². The maximum absolute atomic E-state index is 9.14. The summed E-state index contributed by atoms with van der Waals surface area (Å²) in [6, 6.07) is 16.1. The third kappa shape index (κ3) is 5.14. The van der Waals surface area contributed by atoms with Crippen LogP contribution in [0.5, 0.6) is 0 Å². The Hall–Kier alpha value is -0.720. The number of halogens is 2. The van der Waals surface area contributed by atoms with Crippen molar-refractivity contribution in [3.8, 4) is 0 Å². The van der Waals surface area contributed by atoms with E-state index in [0.717, 1.165) is 27.7 Å². The zero-order valence-corrected chi connectivity index (χ0v) is 17.7. The molecule has 0 aliphatic carbocycles. The molecule has 0 bridgehead atoms. The molecule has 0 radical (unpaired) electrons. The fourth-order valence-electron chi connectivity index (χ4n) is 2.51. The fraction of sp³-hybridized carbons (Fsp3) is 0.400. The van der Waals surface area contributed by atoms with E-state index in [0.29, 0.717) is 0 Å². The average molecular weight is 472 g/mol. The molecular weight excluding hydrogens is 448 g/mol. The van der Waals surface area contributed by atoms with Crippen LogP contribution < -0.4 is 0 Å². The number of aliphatic hydroxyl groups is 2. The number of rotatable bonds is 4. The number of ether oxygens (including phenoxy) is 1. The third-order valence-electron chi connectivity index (χ3n) is 4.62.